The highest BCUT2D eigenvalue weighted by Crippen LogP contribution is 2.53. The molecule has 2 aliphatic heterocycles. The number of benzene rings is 2. The third-order valence-corrected chi connectivity index (χ3v) is 10.1. The Balaban J connectivity index is 1.02. The van der Waals surface area contributed by atoms with Crippen molar-refractivity contribution < 1.29 is 19.1 Å². The molecular formula is C39H48N6O4. The molecular weight excluding hydrogens is 616 g/mol. The molecule has 2 N–H and O–H groups in total. The van der Waals surface area contributed by atoms with Gasteiger partial charge in [-0.1, -0.05) is 55.5 Å². The van der Waals surface area contributed by atoms with Gasteiger partial charge in [0.25, 0.3) is 0 Å². The van der Waals surface area contributed by atoms with Crippen molar-refractivity contribution in [1.82, 2.24) is 29.7 Å². The quantitative estimate of drug-likeness (QED) is 0.220. The van der Waals surface area contributed by atoms with Gasteiger partial charge in [0.1, 0.15) is 22.9 Å². The third-order valence-electron chi connectivity index (χ3n) is 10.1. The normalized spacial score (nSPS) is 25.0. The van der Waals surface area contributed by atoms with Gasteiger partial charge >= 0.3 is 12.2 Å². The Morgan fingerprint density at radius 3 is 1.55 bits per heavy atom. The van der Waals surface area contributed by atoms with Gasteiger partial charge in [0.05, 0.1) is 35.9 Å². The summed E-state index contributed by atoms with van der Waals surface area (Å²) in [6.45, 7) is 15.6. The summed E-state index contributed by atoms with van der Waals surface area (Å²) in [6, 6.07) is 16.9. The third kappa shape index (κ3) is 6.70. The fourth-order valence-corrected chi connectivity index (χ4v) is 7.34. The van der Waals surface area contributed by atoms with E-state index in [1.807, 2.05) is 63.7 Å². The minimum absolute atomic E-state index is 0.0571. The highest BCUT2D eigenvalue weighted by Gasteiger charge is 2.56. The van der Waals surface area contributed by atoms with Crippen LogP contribution in [0.25, 0.3) is 33.6 Å². The second kappa shape index (κ2) is 12.1. The molecule has 1 saturated carbocycles. The summed E-state index contributed by atoms with van der Waals surface area (Å²) in [4.78, 5) is 46.3. The Labute approximate surface area is 288 Å². The summed E-state index contributed by atoms with van der Waals surface area (Å²) >= 11 is 0. The predicted molar refractivity (Wildman–Crippen MR) is 188 cm³/mol. The number of carbonyl (C=O) groups is 2. The number of aromatic amines is 2. The van der Waals surface area contributed by atoms with Crippen molar-refractivity contribution in [2.24, 2.45) is 11.8 Å². The molecule has 49 heavy (non-hydrogen) atoms. The van der Waals surface area contributed by atoms with Gasteiger partial charge in [-0.2, -0.15) is 0 Å². The molecule has 4 aromatic rings. The van der Waals surface area contributed by atoms with E-state index in [1.54, 1.807) is 0 Å². The van der Waals surface area contributed by atoms with Crippen molar-refractivity contribution in [2.45, 2.75) is 110 Å². The summed E-state index contributed by atoms with van der Waals surface area (Å²) in [5.41, 5.74) is 5.01. The molecule has 2 amide bonds. The molecule has 4 heterocycles. The van der Waals surface area contributed by atoms with Crippen LogP contribution < -0.4 is 0 Å². The molecule has 0 bridgehead atoms. The number of fused-ring (bicyclic) bond motifs is 1. The lowest BCUT2D eigenvalue weighted by atomic mass is 10.0. The second-order valence-corrected chi connectivity index (χ2v) is 16.1. The van der Waals surface area contributed by atoms with Gasteiger partial charge in [-0.15, -0.1) is 0 Å². The van der Waals surface area contributed by atoms with Gasteiger partial charge < -0.3 is 19.4 Å². The first-order chi connectivity index (χ1) is 23.1. The minimum atomic E-state index is -0.561. The smallest absolute Gasteiger partial charge is 0.411 e. The summed E-state index contributed by atoms with van der Waals surface area (Å²) in [6.07, 6.45) is 5.93. The Bertz CT molecular complexity index is 1830. The highest BCUT2D eigenvalue weighted by atomic mass is 16.6. The number of hydrogen-bond acceptors (Lipinski definition) is 6. The standard InChI is InChI=1S/C39H48N6O4/c1-22-17-32(44(23(22)2)36(46)48-38(3,4)5)34-40-20-29(42-34)26-13-9-24(10-14-26)25-11-15-27(16-12-25)30-21-41-35(43-30)33-19-28-18-31(28)45(33)37(47)49-39(6,7)8/h9-16,20-23,28,31-33H,17-19H2,1-8H3,(H,40,42)(H,41,43)/t22-,23?,28-,31-,32+,33+/m1/s1. The van der Waals surface area contributed by atoms with Crippen molar-refractivity contribution in [1.29, 1.82) is 0 Å². The van der Waals surface area contributed by atoms with Crippen molar-refractivity contribution in [3.8, 4) is 33.6 Å². The first-order valence-corrected chi connectivity index (χ1v) is 17.5. The predicted octanol–water partition coefficient (Wildman–Crippen LogP) is 8.91. The zero-order valence-corrected chi connectivity index (χ0v) is 29.8. The number of piperidine rings is 1. The second-order valence-electron chi connectivity index (χ2n) is 16.1. The number of carbonyl (C=O) groups excluding carboxylic acids is 2. The lowest BCUT2D eigenvalue weighted by Crippen LogP contribution is -2.41. The molecule has 258 valence electrons. The summed E-state index contributed by atoms with van der Waals surface area (Å²) in [5, 5.41) is 0. The molecule has 0 radical (unpaired) electrons. The van der Waals surface area contributed by atoms with Crippen LogP contribution in [-0.2, 0) is 9.47 Å². The first-order valence-electron chi connectivity index (χ1n) is 17.5. The number of nitrogens with one attached hydrogen (secondary N) is 2. The number of nitrogens with zero attached hydrogens (tertiary/aromatic N) is 4. The number of amides is 2. The van der Waals surface area contributed by atoms with Gasteiger partial charge in [-0.3, -0.25) is 9.80 Å². The highest BCUT2D eigenvalue weighted by molar-refractivity contribution is 5.73. The maximum Gasteiger partial charge on any atom is 0.411 e. The molecule has 1 unspecified atom stereocenters. The van der Waals surface area contributed by atoms with Gasteiger partial charge in [0, 0.05) is 12.1 Å². The molecule has 0 spiro atoms. The van der Waals surface area contributed by atoms with Gasteiger partial charge in [-0.05, 0) is 102 Å². The minimum Gasteiger partial charge on any atom is -0.444 e. The van der Waals surface area contributed by atoms with Gasteiger partial charge in [0.15, 0.2) is 0 Å². The van der Waals surface area contributed by atoms with Crippen LogP contribution in [-0.4, -0.2) is 65.2 Å². The van der Waals surface area contributed by atoms with Crippen LogP contribution in [0.1, 0.15) is 98.4 Å². The van der Waals surface area contributed by atoms with E-state index in [1.165, 1.54) is 0 Å². The number of hydrogen-bond donors (Lipinski definition) is 2. The van der Waals surface area contributed by atoms with E-state index in [9.17, 15) is 9.59 Å². The maximum atomic E-state index is 13.1. The topological polar surface area (TPSA) is 116 Å². The average molecular weight is 665 g/mol. The number of rotatable bonds is 5. The summed E-state index contributed by atoms with van der Waals surface area (Å²) in [5.74, 6) is 2.45. The summed E-state index contributed by atoms with van der Waals surface area (Å²) < 4.78 is 11.5. The van der Waals surface area contributed by atoms with E-state index >= 15 is 0 Å². The molecule has 2 aromatic heterocycles. The molecule has 1 aliphatic carbocycles. The molecule has 6 atom stereocenters. The van der Waals surface area contributed by atoms with Crippen LogP contribution in [0.2, 0.25) is 0 Å². The Morgan fingerprint density at radius 2 is 1.08 bits per heavy atom. The molecule has 3 fully saturated rings. The zero-order valence-electron chi connectivity index (χ0n) is 29.8. The summed E-state index contributed by atoms with van der Waals surface area (Å²) in [7, 11) is 0. The largest absolute Gasteiger partial charge is 0.444 e. The number of likely N-dealkylation sites (tertiary alicyclic amines) is 2. The molecule has 7 rings (SSSR count). The van der Waals surface area contributed by atoms with E-state index in [2.05, 4.69) is 72.3 Å². The van der Waals surface area contributed by atoms with E-state index < -0.39 is 11.2 Å². The van der Waals surface area contributed by atoms with E-state index in [0.29, 0.717) is 11.8 Å². The van der Waals surface area contributed by atoms with Crippen molar-refractivity contribution >= 4 is 12.2 Å². The fourth-order valence-electron chi connectivity index (χ4n) is 7.34. The lowest BCUT2D eigenvalue weighted by Gasteiger charge is -2.31. The Hall–Kier alpha value is -4.60. The van der Waals surface area contributed by atoms with Crippen LogP contribution in [0.15, 0.2) is 60.9 Å². The lowest BCUT2D eigenvalue weighted by molar-refractivity contribution is 0.0137. The van der Waals surface area contributed by atoms with Crippen molar-refractivity contribution in [2.75, 3.05) is 0 Å². The first kappa shape index (κ1) is 32.9. The zero-order chi connectivity index (χ0) is 34.8. The maximum absolute atomic E-state index is 13.1. The fraction of sp³-hybridized carbons (Fsp3) is 0.487. The van der Waals surface area contributed by atoms with Crippen LogP contribution in [0.4, 0.5) is 9.59 Å². The molecule has 10 heteroatoms. The SMILES string of the molecule is CC1[C@H](C)C[C@@H](c2ncc(-c3ccc(-c4ccc(-c5cnc([C@@H]6C[C@H]7C[C@H]7N6C(=O)OC(C)(C)C)[nH]5)cc4)cc3)[nH]2)N1C(=O)OC(C)(C)C. The van der Waals surface area contributed by atoms with Crippen LogP contribution in [0.3, 0.4) is 0 Å². The van der Waals surface area contributed by atoms with Crippen LogP contribution in [0.5, 0.6) is 0 Å². The number of H-pyrrole nitrogens is 2. The van der Waals surface area contributed by atoms with E-state index in [0.717, 1.165) is 64.6 Å². The van der Waals surface area contributed by atoms with Gasteiger partial charge in [-0.25, -0.2) is 19.6 Å². The Kier molecular flexibility index (Phi) is 8.11. The Morgan fingerprint density at radius 1 is 0.653 bits per heavy atom. The van der Waals surface area contributed by atoms with Gasteiger partial charge in [0.2, 0.25) is 0 Å². The monoisotopic (exact) mass is 664 g/mol. The van der Waals surface area contributed by atoms with Crippen molar-refractivity contribution in [3.05, 3.63) is 72.6 Å². The van der Waals surface area contributed by atoms with E-state index in [-0.39, 0.29) is 36.4 Å². The molecule has 2 saturated heterocycles. The average Bonchev–Trinajstić information content (AvgIpc) is 3.48. The number of imidazole rings is 2. The molecule has 3 aliphatic rings. The number of ether oxygens (including phenoxy) is 2. The molecule has 2 aromatic carbocycles. The van der Waals surface area contributed by atoms with Crippen LogP contribution >= 0.6 is 0 Å². The van der Waals surface area contributed by atoms with Crippen LogP contribution in [0, 0.1) is 11.8 Å². The molecule has 10 nitrogen and oxygen atoms in total. The van der Waals surface area contributed by atoms with E-state index in [4.69, 9.17) is 19.4 Å². The van der Waals surface area contributed by atoms with Crippen molar-refractivity contribution in [3.63, 3.8) is 0 Å². The number of aromatic nitrogens is 4.